The number of hydrogen-bond donors (Lipinski definition) is 2. The molecular weight excluding hydrogens is 561 g/mol. The second-order valence-electron chi connectivity index (χ2n) is 8.56. The maximum Gasteiger partial charge on any atom is 0.573 e. The third-order valence-electron chi connectivity index (χ3n) is 5.71. The van der Waals surface area contributed by atoms with Crippen molar-refractivity contribution in [2.45, 2.75) is 36.8 Å². The molecule has 40 heavy (non-hydrogen) atoms. The van der Waals surface area contributed by atoms with Gasteiger partial charge in [-0.2, -0.15) is 13.2 Å². The predicted molar refractivity (Wildman–Crippen MR) is 122 cm³/mol. The number of carbonyl (C=O) groups excluding carboxylic acids is 1. The summed E-state index contributed by atoms with van der Waals surface area (Å²) >= 11 is 0. The van der Waals surface area contributed by atoms with Crippen LogP contribution in [-0.4, -0.2) is 42.6 Å². The number of alkyl halides is 9. The molecule has 0 aliphatic carbocycles. The van der Waals surface area contributed by atoms with Gasteiger partial charge in [0, 0.05) is 12.0 Å². The molecule has 216 valence electrons. The molecule has 0 unspecified atom stereocenters. The van der Waals surface area contributed by atoms with Gasteiger partial charge in [-0.25, -0.2) is 0 Å². The molecule has 3 aromatic rings. The number of ether oxygens (including phenoxy) is 2. The Morgan fingerprint density at radius 1 is 0.725 bits per heavy atom. The van der Waals surface area contributed by atoms with E-state index in [2.05, 4.69) is 9.47 Å². The van der Waals surface area contributed by atoms with Crippen LogP contribution < -0.4 is 14.8 Å². The van der Waals surface area contributed by atoms with E-state index in [0.717, 1.165) is 36.4 Å². The zero-order valence-corrected chi connectivity index (χ0v) is 20.1. The molecule has 2 N–H and O–H groups in total. The van der Waals surface area contributed by atoms with E-state index >= 15 is 0 Å². The van der Waals surface area contributed by atoms with Crippen molar-refractivity contribution >= 4 is 5.91 Å². The maximum atomic E-state index is 13.0. The summed E-state index contributed by atoms with van der Waals surface area (Å²) in [6.45, 7) is -0.793. The van der Waals surface area contributed by atoms with Crippen LogP contribution in [0, 0.1) is 0 Å². The van der Waals surface area contributed by atoms with Gasteiger partial charge in [0.1, 0.15) is 11.5 Å². The highest BCUT2D eigenvalue weighted by molar-refractivity contribution is 5.81. The van der Waals surface area contributed by atoms with Crippen LogP contribution in [0.15, 0.2) is 78.9 Å². The fraction of sp³-hybridized carbons (Fsp3) is 0.269. The highest BCUT2D eigenvalue weighted by atomic mass is 19.4. The van der Waals surface area contributed by atoms with Crippen LogP contribution in [0.25, 0.3) is 0 Å². The van der Waals surface area contributed by atoms with Gasteiger partial charge in [-0.15, -0.1) is 26.3 Å². The van der Waals surface area contributed by atoms with Crippen molar-refractivity contribution in [2.24, 2.45) is 0 Å². The van der Waals surface area contributed by atoms with Gasteiger partial charge in [0.25, 0.3) is 5.91 Å². The van der Waals surface area contributed by atoms with Gasteiger partial charge in [0.2, 0.25) is 6.10 Å². The Morgan fingerprint density at radius 2 is 1.20 bits per heavy atom. The second kappa shape index (κ2) is 11.7. The molecule has 3 rings (SSSR count). The maximum absolute atomic E-state index is 13.0. The SMILES string of the molecule is O=C(NCC(Cc1ccccc1)(c1cccc(OC(F)(F)F)c1)c1cccc(OC(F)(F)F)c1)[C@@H](O)C(F)(F)F. The molecule has 0 radical (unpaired) electrons. The van der Waals surface area contributed by atoms with Gasteiger partial charge in [-0.05, 0) is 47.4 Å². The standard InChI is InChI=1S/C26H20F9NO4/c27-24(28,29)21(37)22(38)36-15-23(14-16-6-2-1-3-7-16,17-8-4-10-19(12-17)39-25(30,31)32)18-9-5-11-20(13-18)40-26(33,34)35/h1-13,21,37H,14-15H2,(H,36,38)/t21-/m1/s1. The molecule has 0 aliphatic heterocycles. The number of benzene rings is 3. The van der Waals surface area contributed by atoms with Crippen molar-refractivity contribution in [2.75, 3.05) is 6.54 Å². The zero-order chi connectivity index (χ0) is 29.8. The highest BCUT2D eigenvalue weighted by Gasteiger charge is 2.45. The summed E-state index contributed by atoms with van der Waals surface area (Å²) < 4.78 is 125. The van der Waals surface area contributed by atoms with Gasteiger partial charge in [0.15, 0.2) is 0 Å². The second-order valence-corrected chi connectivity index (χ2v) is 8.56. The molecule has 3 aromatic carbocycles. The van der Waals surface area contributed by atoms with Crippen molar-refractivity contribution in [1.29, 1.82) is 0 Å². The van der Waals surface area contributed by atoms with Gasteiger partial charge in [-0.3, -0.25) is 4.79 Å². The van der Waals surface area contributed by atoms with Crippen LogP contribution in [0.4, 0.5) is 39.5 Å². The van der Waals surface area contributed by atoms with Gasteiger partial charge < -0.3 is 19.9 Å². The normalized spacial score (nSPS) is 13.4. The summed E-state index contributed by atoms with van der Waals surface area (Å²) in [6.07, 6.45) is -19.3. The van der Waals surface area contributed by atoms with Crippen LogP contribution in [0.1, 0.15) is 16.7 Å². The number of aliphatic hydroxyl groups excluding tert-OH is 1. The summed E-state index contributed by atoms with van der Waals surface area (Å²) in [6, 6.07) is 16.4. The number of nitrogens with one attached hydrogen (secondary N) is 1. The lowest BCUT2D eigenvalue weighted by molar-refractivity contribution is -0.275. The van der Waals surface area contributed by atoms with Crippen molar-refractivity contribution in [3.8, 4) is 11.5 Å². The number of hydrogen-bond acceptors (Lipinski definition) is 4. The molecule has 1 atom stereocenters. The molecule has 0 fully saturated rings. The van der Waals surface area contributed by atoms with Crippen molar-refractivity contribution in [3.05, 3.63) is 95.6 Å². The summed E-state index contributed by atoms with van der Waals surface area (Å²) in [5.41, 5.74) is -1.47. The van der Waals surface area contributed by atoms with E-state index in [1.807, 2.05) is 5.32 Å². The molecule has 1 amide bonds. The predicted octanol–water partition coefficient (Wildman–Crippen LogP) is 6.05. The highest BCUT2D eigenvalue weighted by Crippen LogP contribution is 2.40. The summed E-state index contributed by atoms with van der Waals surface area (Å²) in [5.74, 6) is -3.34. The summed E-state index contributed by atoms with van der Waals surface area (Å²) in [5, 5.41) is 11.3. The van der Waals surface area contributed by atoms with Crippen LogP contribution in [-0.2, 0) is 16.6 Å². The Bertz CT molecular complexity index is 1230. The van der Waals surface area contributed by atoms with Crippen molar-refractivity contribution < 1.29 is 58.9 Å². The minimum atomic E-state index is -5.34. The Kier molecular flexibility index (Phi) is 8.92. The van der Waals surface area contributed by atoms with E-state index in [1.165, 1.54) is 12.1 Å². The van der Waals surface area contributed by atoms with Gasteiger partial charge in [-0.1, -0.05) is 54.6 Å². The van der Waals surface area contributed by atoms with Crippen molar-refractivity contribution in [3.63, 3.8) is 0 Å². The first-order valence-electron chi connectivity index (χ1n) is 11.3. The average molecular weight is 581 g/mol. The van der Waals surface area contributed by atoms with Crippen molar-refractivity contribution in [1.82, 2.24) is 5.32 Å². The molecule has 14 heteroatoms. The number of aliphatic hydroxyl groups is 1. The zero-order valence-electron chi connectivity index (χ0n) is 20.1. The Balaban J connectivity index is 2.23. The Hall–Kier alpha value is -3.94. The van der Waals surface area contributed by atoms with E-state index in [4.69, 9.17) is 0 Å². The van der Waals surface area contributed by atoms with Crippen LogP contribution in [0.2, 0.25) is 0 Å². The largest absolute Gasteiger partial charge is 0.573 e. The molecular formula is C26H20F9NO4. The monoisotopic (exact) mass is 581 g/mol. The van der Waals surface area contributed by atoms with E-state index < -0.39 is 54.4 Å². The first-order valence-corrected chi connectivity index (χ1v) is 11.3. The third kappa shape index (κ3) is 8.28. The van der Waals surface area contributed by atoms with E-state index in [1.54, 1.807) is 30.3 Å². The minimum Gasteiger partial charge on any atom is -0.406 e. The smallest absolute Gasteiger partial charge is 0.406 e. The minimum absolute atomic E-state index is 0.0657. The lowest BCUT2D eigenvalue weighted by Crippen LogP contribution is -2.49. The summed E-state index contributed by atoms with van der Waals surface area (Å²) in [4.78, 5) is 12.2. The molecule has 0 bridgehead atoms. The average Bonchev–Trinajstić information content (AvgIpc) is 2.84. The van der Waals surface area contributed by atoms with Crippen LogP contribution in [0.3, 0.4) is 0 Å². The fourth-order valence-corrected chi connectivity index (χ4v) is 4.05. The van der Waals surface area contributed by atoms with E-state index in [-0.39, 0.29) is 17.5 Å². The number of halogens is 9. The third-order valence-corrected chi connectivity index (χ3v) is 5.71. The molecule has 0 aliphatic rings. The lowest BCUT2D eigenvalue weighted by Gasteiger charge is -2.36. The topological polar surface area (TPSA) is 67.8 Å². The molecule has 0 aromatic heterocycles. The molecule has 0 saturated carbocycles. The molecule has 5 nitrogen and oxygen atoms in total. The first kappa shape index (κ1) is 30.6. The van der Waals surface area contributed by atoms with E-state index in [9.17, 15) is 49.4 Å². The summed E-state index contributed by atoms with van der Waals surface area (Å²) in [7, 11) is 0. The Labute approximate surface area is 221 Å². The molecule has 0 saturated heterocycles. The number of amides is 1. The van der Waals surface area contributed by atoms with Crippen LogP contribution >= 0.6 is 0 Å². The molecule has 0 heterocycles. The Morgan fingerprint density at radius 3 is 1.62 bits per heavy atom. The van der Waals surface area contributed by atoms with Gasteiger partial charge in [0.05, 0.1) is 0 Å². The van der Waals surface area contributed by atoms with E-state index in [0.29, 0.717) is 5.56 Å². The van der Waals surface area contributed by atoms with Crippen LogP contribution in [0.5, 0.6) is 11.5 Å². The number of carbonyl (C=O) groups is 1. The lowest BCUT2D eigenvalue weighted by atomic mass is 9.70. The number of rotatable bonds is 9. The quantitative estimate of drug-likeness (QED) is 0.302. The molecule has 0 spiro atoms. The fourth-order valence-electron chi connectivity index (χ4n) is 4.05. The van der Waals surface area contributed by atoms with Gasteiger partial charge >= 0.3 is 18.9 Å². The first-order chi connectivity index (χ1) is 18.5.